The molecule has 0 amide bonds. The number of hydrogen-bond acceptors (Lipinski definition) is 3. The van der Waals surface area contributed by atoms with E-state index in [4.69, 9.17) is 15.2 Å². The monoisotopic (exact) mass is 498 g/mol. The summed E-state index contributed by atoms with van der Waals surface area (Å²) in [5.74, 6) is 0.883. The van der Waals surface area contributed by atoms with Crippen LogP contribution in [0.5, 0.6) is 0 Å². The van der Waals surface area contributed by atoms with E-state index < -0.39 is 0 Å². The molecule has 2 heterocycles. The van der Waals surface area contributed by atoms with Crippen molar-refractivity contribution in [2.45, 2.75) is 144 Å². The maximum atomic E-state index is 5.29. The minimum Gasteiger partial charge on any atom is -0.366 e. The zero-order valence-electron chi connectivity index (χ0n) is 26.2. The highest BCUT2D eigenvalue weighted by Crippen LogP contribution is 2.35. The number of nitrogens with zero attached hydrogens (tertiary/aromatic N) is 5. The molecule has 0 aliphatic heterocycles. The van der Waals surface area contributed by atoms with Crippen LogP contribution in [0.1, 0.15) is 140 Å². The van der Waals surface area contributed by atoms with Crippen molar-refractivity contribution in [1.82, 2.24) is 24.9 Å². The van der Waals surface area contributed by atoms with Crippen LogP contribution in [0.4, 0.5) is 0 Å². The van der Waals surface area contributed by atoms with Crippen LogP contribution >= 0.6 is 0 Å². The third-order valence-corrected chi connectivity index (χ3v) is 6.08. The quantitative estimate of drug-likeness (QED) is 0.360. The lowest BCUT2D eigenvalue weighted by molar-refractivity contribution is 0.356. The molecule has 0 radical (unpaired) electrons. The van der Waals surface area contributed by atoms with Gasteiger partial charge in [0.25, 0.3) is 0 Å². The Morgan fingerprint density at radius 1 is 0.694 bits per heavy atom. The summed E-state index contributed by atoms with van der Waals surface area (Å²) in [4.78, 5) is 5.04. The van der Waals surface area contributed by atoms with Crippen molar-refractivity contribution in [2.24, 2.45) is 4.99 Å². The van der Waals surface area contributed by atoms with E-state index in [0.717, 1.165) is 17.2 Å². The maximum absolute atomic E-state index is 5.29. The Labute approximate surface area is 221 Å². The molecule has 0 fully saturated rings. The van der Waals surface area contributed by atoms with Gasteiger partial charge >= 0.3 is 0 Å². The molecule has 36 heavy (non-hydrogen) atoms. The fraction of sp³-hybridized carbons (Fsp3) is 0.767. The van der Waals surface area contributed by atoms with Crippen molar-refractivity contribution < 1.29 is 0 Å². The molecule has 0 aliphatic carbocycles. The number of hydrogen-bond donors (Lipinski definition) is 1. The summed E-state index contributed by atoms with van der Waals surface area (Å²) >= 11 is 0. The molecule has 0 unspecified atom stereocenters. The lowest BCUT2D eigenvalue weighted by atomic mass is 9.87. The van der Waals surface area contributed by atoms with Crippen molar-refractivity contribution in [1.29, 1.82) is 0 Å². The zero-order valence-corrected chi connectivity index (χ0v) is 26.2. The van der Waals surface area contributed by atoms with Gasteiger partial charge in [-0.25, -0.2) is 9.36 Å². The number of nitrogens with one attached hydrogen (secondary N) is 1. The lowest BCUT2D eigenvalue weighted by Crippen LogP contribution is -2.48. The molecule has 6 nitrogen and oxygen atoms in total. The Kier molecular flexibility index (Phi) is 8.07. The van der Waals surface area contributed by atoms with Gasteiger partial charge in [-0.3, -0.25) is 4.99 Å². The van der Waals surface area contributed by atoms with Crippen LogP contribution < -0.4 is 5.32 Å². The average Bonchev–Trinajstić information content (AvgIpc) is 3.24. The number of aromatic nitrogens is 4. The van der Waals surface area contributed by atoms with E-state index in [-0.39, 0.29) is 33.4 Å². The van der Waals surface area contributed by atoms with Gasteiger partial charge in [0.15, 0.2) is 0 Å². The minimum absolute atomic E-state index is 0.0805. The molecule has 0 aliphatic rings. The second-order valence-electron chi connectivity index (χ2n) is 15.3. The van der Waals surface area contributed by atoms with Crippen LogP contribution in [0.15, 0.2) is 17.1 Å². The molecule has 2 aromatic heterocycles. The Balaban J connectivity index is 3.06. The predicted octanol–water partition coefficient (Wildman–Crippen LogP) is 7.12. The van der Waals surface area contributed by atoms with E-state index >= 15 is 0 Å². The van der Waals surface area contributed by atoms with Gasteiger partial charge in [0, 0.05) is 45.1 Å². The first-order valence-corrected chi connectivity index (χ1v) is 13.5. The summed E-state index contributed by atoms with van der Waals surface area (Å²) in [6.45, 7) is 36.2. The van der Waals surface area contributed by atoms with Gasteiger partial charge in [0.05, 0.1) is 11.4 Å². The van der Waals surface area contributed by atoms with Crippen molar-refractivity contribution >= 4 is 5.84 Å². The van der Waals surface area contributed by atoms with E-state index in [0.29, 0.717) is 6.54 Å². The topological polar surface area (TPSA) is 60.0 Å². The number of amidine groups is 1. The normalized spacial score (nSPS) is 14.6. The van der Waals surface area contributed by atoms with Gasteiger partial charge in [-0.15, -0.1) is 0 Å². The van der Waals surface area contributed by atoms with Gasteiger partial charge < -0.3 is 5.32 Å². The molecule has 2 aromatic rings. The largest absolute Gasteiger partial charge is 0.366 e. The molecule has 6 heteroatoms. The summed E-state index contributed by atoms with van der Waals surface area (Å²) in [5.41, 5.74) is 3.93. The zero-order chi connectivity index (χ0) is 28.1. The summed E-state index contributed by atoms with van der Waals surface area (Å²) in [7, 11) is 0. The van der Waals surface area contributed by atoms with Gasteiger partial charge in [-0.05, 0) is 39.8 Å². The molecular formula is C30H54N6. The summed E-state index contributed by atoms with van der Waals surface area (Å²) in [6.07, 6.45) is -0.333. The molecule has 0 saturated carbocycles. The third-order valence-electron chi connectivity index (χ3n) is 6.08. The Bertz CT molecular complexity index is 993. The van der Waals surface area contributed by atoms with E-state index in [2.05, 4.69) is 138 Å². The molecule has 2 rings (SSSR count). The van der Waals surface area contributed by atoms with Crippen LogP contribution in [-0.4, -0.2) is 37.5 Å². The van der Waals surface area contributed by atoms with Gasteiger partial charge in [-0.1, -0.05) is 83.1 Å². The molecule has 0 bridgehead atoms. The molecular weight excluding hydrogens is 444 g/mol. The van der Waals surface area contributed by atoms with Crippen LogP contribution in [-0.2, 0) is 21.7 Å². The average molecular weight is 499 g/mol. The predicted molar refractivity (Wildman–Crippen MR) is 155 cm³/mol. The fourth-order valence-corrected chi connectivity index (χ4v) is 4.09. The summed E-state index contributed by atoms with van der Waals surface area (Å²) in [5, 5.41) is 14.3. The second kappa shape index (κ2) is 9.64. The first-order chi connectivity index (χ1) is 16.0. The highest BCUT2D eigenvalue weighted by molar-refractivity contribution is 5.86. The first kappa shape index (κ1) is 30.1. The Morgan fingerprint density at radius 3 is 1.31 bits per heavy atom. The molecule has 0 aromatic carbocycles. The van der Waals surface area contributed by atoms with Gasteiger partial charge in [0.2, 0.25) is 6.17 Å². The van der Waals surface area contributed by atoms with Gasteiger partial charge in [-0.2, -0.15) is 10.2 Å². The molecule has 0 saturated heterocycles. The number of rotatable bonds is 4. The second-order valence-corrected chi connectivity index (χ2v) is 15.3. The highest BCUT2D eigenvalue weighted by Gasteiger charge is 2.37. The van der Waals surface area contributed by atoms with E-state index in [1.807, 2.05) is 0 Å². The maximum Gasteiger partial charge on any atom is 0.200 e. The Morgan fingerprint density at radius 2 is 1.06 bits per heavy atom. The highest BCUT2D eigenvalue weighted by atomic mass is 15.5. The smallest absolute Gasteiger partial charge is 0.200 e. The summed E-state index contributed by atoms with van der Waals surface area (Å²) < 4.78 is 4.37. The first-order valence-electron chi connectivity index (χ1n) is 13.5. The van der Waals surface area contributed by atoms with Crippen molar-refractivity contribution in [3.05, 3.63) is 34.9 Å². The Hall–Kier alpha value is -2.11. The SMILES string of the molecule is CCN=C(NC(C)(C)C)C(n1nc(C(C)(C)C)cc1C(C)(C)C)n1nc(C(C)(C)C)cc1C(C)(C)C. The number of aliphatic imine (C=N–C) groups is 1. The standard InChI is InChI=1S/C30H54N6/c1-17-31-24(32-30(14,15)16)25(35-22(28(8,9)10)18-20(33-35)26(2,3)4)36-23(29(11,12)13)19-21(34-36)27(5,6)7/h18-19,25H,17H2,1-16H3,(H,31,32). The molecule has 1 N–H and O–H groups in total. The van der Waals surface area contributed by atoms with E-state index in [1.165, 1.54) is 11.4 Å². The van der Waals surface area contributed by atoms with E-state index in [9.17, 15) is 0 Å². The van der Waals surface area contributed by atoms with Crippen LogP contribution in [0.3, 0.4) is 0 Å². The fourth-order valence-electron chi connectivity index (χ4n) is 4.09. The minimum atomic E-state index is -0.333. The molecule has 204 valence electrons. The van der Waals surface area contributed by atoms with Crippen LogP contribution in [0.25, 0.3) is 0 Å². The van der Waals surface area contributed by atoms with E-state index in [1.54, 1.807) is 0 Å². The van der Waals surface area contributed by atoms with Crippen molar-refractivity contribution in [3.8, 4) is 0 Å². The summed E-state index contributed by atoms with van der Waals surface area (Å²) in [6, 6.07) is 4.55. The van der Waals surface area contributed by atoms with Crippen LogP contribution in [0.2, 0.25) is 0 Å². The lowest BCUT2D eigenvalue weighted by Gasteiger charge is -2.33. The molecule has 0 atom stereocenters. The third kappa shape index (κ3) is 7.01. The van der Waals surface area contributed by atoms with Gasteiger partial charge in [0.1, 0.15) is 5.84 Å². The molecule has 0 spiro atoms. The van der Waals surface area contributed by atoms with Crippen LogP contribution in [0, 0.1) is 0 Å². The van der Waals surface area contributed by atoms with Crippen molar-refractivity contribution in [3.63, 3.8) is 0 Å². The van der Waals surface area contributed by atoms with Crippen molar-refractivity contribution in [2.75, 3.05) is 6.54 Å².